The summed E-state index contributed by atoms with van der Waals surface area (Å²) in [6.07, 6.45) is 0. The van der Waals surface area contributed by atoms with Gasteiger partial charge in [0.25, 0.3) is 0 Å². The van der Waals surface area contributed by atoms with E-state index >= 15 is 0 Å². The number of para-hydroxylation sites is 6. The number of fused-ring (bicyclic) bond motifs is 6. The summed E-state index contributed by atoms with van der Waals surface area (Å²) in [6.45, 7) is 0. The largest absolute Gasteiger partial charge is 0.455 e. The molecule has 0 spiro atoms. The lowest BCUT2D eigenvalue weighted by atomic mass is 9.93. The van der Waals surface area contributed by atoms with Crippen molar-refractivity contribution in [3.05, 3.63) is 267 Å². The summed E-state index contributed by atoms with van der Waals surface area (Å²) >= 11 is 0. The minimum absolute atomic E-state index is 0.897. The maximum Gasteiger partial charge on any atom is 0.143 e. The van der Waals surface area contributed by atoms with Crippen LogP contribution in [-0.2, 0) is 0 Å². The zero-order valence-corrected chi connectivity index (χ0v) is 37.7. The Bertz CT molecular complexity index is 3960. The van der Waals surface area contributed by atoms with E-state index in [0.717, 1.165) is 83.6 Å². The standard InChI is InChI=1S/C66H44N2O/c1-2-18-45(19-3-1)48-20-16-21-49(44-48)46-36-40-50(41-37-46)67(51-42-38-47(39-43-51)52-22-4-5-23-53(52)59-29-17-30-60-58-28-10-15-35-65(58)69-66(59)60)61-31-11-6-24-54(61)55-25-7-12-32-62(55)68-63-33-13-8-26-56(63)57-27-9-14-34-64(57)68/h1-44H. The van der Waals surface area contributed by atoms with Crippen LogP contribution in [0.25, 0.3) is 105 Å². The van der Waals surface area contributed by atoms with Crippen molar-refractivity contribution in [2.75, 3.05) is 4.90 Å². The predicted octanol–water partition coefficient (Wildman–Crippen LogP) is 18.5. The van der Waals surface area contributed by atoms with Gasteiger partial charge in [-0.25, -0.2) is 0 Å². The van der Waals surface area contributed by atoms with Crippen LogP contribution in [0.3, 0.4) is 0 Å². The number of nitrogens with zero attached hydrogens (tertiary/aromatic N) is 2. The number of benzene rings is 11. The highest BCUT2D eigenvalue weighted by molar-refractivity contribution is 6.11. The molecule has 0 aliphatic carbocycles. The molecule has 0 amide bonds. The van der Waals surface area contributed by atoms with Crippen LogP contribution < -0.4 is 4.90 Å². The molecule has 0 N–H and O–H groups in total. The van der Waals surface area contributed by atoms with E-state index in [-0.39, 0.29) is 0 Å². The van der Waals surface area contributed by atoms with Crippen molar-refractivity contribution in [2.45, 2.75) is 0 Å². The van der Waals surface area contributed by atoms with Gasteiger partial charge in [0.2, 0.25) is 0 Å². The molecule has 0 radical (unpaired) electrons. The maximum absolute atomic E-state index is 6.55. The minimum Gasteiger partial charge on any atom is -0.455 e. The fourth-order valence-electron chi connectivity index (χ4n) is 10.4. The fraction of sp³-hybridized carbons (Fsp3) is 0. The van der Waals surface area contributed by atoms with Gasteiger partial charge in [-0.1, -0.05) is 206 Å². The van der Waals surface area contributed by atoms with Crippen molar-refractivity contribution in [1.29, 1.82) is 0 Å². The highest BCUT2D eigenvalue weighted by atomic mass is 16.3. The Morgan fingerprint density at radius 3 is 1.48 bits per heavy atom. The Labute approximate surface area is 401 Å². The normalized spacial score (nSPS) is 11.5. The van der Waals surface area contributed by atoms with Crippen LogP contribution in [0.2, 0.25) is 0 Å². The van der Waals surface area contributed by atoms with Crippen LogP contribution in [-0.4, -0.2) is 4.57 Å². The SMILES string of the molecule is c1ccc(-c2cccc(-c3ccc(N(c4ccc(-c5ccccc5-c5cccc6c5oc5ccccc56)cc4)c4ccccc4-c4ccccc4-n4c5ccccc5c5ccccc54)cc3)c2)cc1. The molecule has 69 heavy (non-hydrogen) atoms. The van der Waals surface area contributed by atoms with Gasteiger partial charge in [-0.3, -0.25) is 0 Å². The molecule has 324 valence electrons. The molecule has 0 aliphatic rings. The van der Waals surface area contributed by atoms with Crippen LogP contribution in [0.15, 0.2) is 271 Å². The van der Waals surface area contributed by atoms with Crippen molar-refractivity contribution < 1.29 is 4.42 Å². The Morgan fingerprint density at radius 1 is 0.290 bits per heavy atom. The molecular weight excluding hydrogens is 837 g/mol. The highest BCUT2D eigenvalue weighted by Crippen LogP contribution is 2.46. The van der Waals surface area contributed by atoms with Crippen molar-refractivity contribution in [3.63, 3.8) is 0 Å². The first kappa shape index (κ1) is 40.1. The Balaban J connectivity index is 0.956. The maximum atomic E-state index is 6.55. The average Bonchev–Trinajstić information content (AvgIpc) is 3.98. The van der Waals surface area contributed by atoms with Crippen LogP contribution in [0.1, 0.15) is 0 Å². The molecule has 13 aromatic rings. The van der Waals surface area contributed by atoms with Gasteiger partial charge in [-0.15, -0.1) is 0 Å². The lowest BCUT2D eigenvalue weighted by molar-refractivity contribution is 0.670. The van der Waals surface area contributed by atoms with E-state index in [1.807, 2.05) is 12.1 Å². The molecule has 0 atom stereocenters. The van der Waals surface area contributed by atoms with Crippen LogP contribution in [0.5, 0.6) is 0 Å². The lowest BCUT2D eigenvalue weighted by Crippen LogP contribution is -2.11. The molecule has 2 aromatic heterocycles. The van der Waals surface area contributed by atoms with Crippen LogP contribution >= 0.6 is 0 Å². The Kier molecular flexibility index (Phi) is 9.84. The number of anilines is 3. The summed E-state index contributed by atoms with van der Waals surface area (Å²) in [6, 6.07) is 96.1. The number of rotatable bonds is 9. The van der Waals surface area contributed by atoms with E-state index in [1.165, 1.54) is 38.5 Å². The molecule has 2 heterocycles. The van der Waals surface area contributed by atoms with Crippen LogP contribution in [0.4, 0.5) is 17.1 Å². The monoisotopic (exact) mass is 880 g/mol. The number of hydrogen-bond acceptors (Lipinski definition) is 2. The molecule has 11 aromatic carbocycles. The van der Waals surface area contributed by atoms with Crippen molar-refractivity contribution >= 4 is 60.8 Å². The van der Waals surface area contributed by atoms with Crippen molar-refractivity contribution in [1.82, 2.24) is 4.57 Å². The predicted molar refractivity (Wildman–Crippen MR) is 290 cm³/mol. The summed E-state index contributed by atoms with van der Waals surface area (Å²) in [7, 11) is 0. The van der Waals surface area contributed by atoms with Gasteiger partial charge in [0, 0.05) is 49.6 Å². The van der Waals surface area contributed by atoms with Gasteiger partial charge in [0.1, 0.15) is 11.2 Å². The van der Waals surface area contributed by atoms with Crippen LogP contribution in [0, 0.1) is 0 Å². The smallest absolute Gasteiger partial charge is 0.143 e. The second-order valence-corrected chi connectivity index (χ2v) is 17.6. The third kappa shape index (κ3) is 6.99. The van der Waals surface area contributed by atoms with Gasteiger partial charge in [0.15, 0.2) is 0 Å². The van der Waals surface area contributed by atoms with Gasteiger partial charge in [-0.2, -0.15) is 0 Å². The average molecular weight is 881 g/mol. The molecule has 3 heteroatoms. The third-order valence-electron chi connectivity index (χ3n) is 13.6. The first-order valence-corrected chi connectivity index (χ1v) is 23.6. The molecule has 0 aliphatic heterocycles. The first-order valence-electron chi connectivity index (χ1n) is 23.6. The molecule has 0 saturated heterocycles. The molecule has 3 nitrogen and oxygen atoms in total. The molecule has 13 rings (SSSR count). The highest BCUT2D eigenvalue weighted by Gasteiger charge is 2.22. The lowest BCUT2D eigenvalue weighted by Gasteiger charge is -2.29. The second kappa shape index (κ2) is 16.9. The number of hydrogen-bond donors (Lipinski definition) is 0. The number of furan rings is 1. The van der Waals surface area contributed by atoms with Gasteiger partial charge in [0.05, 0.1) is 22.4 Å². The Morgan fingerprint density at radius 2 is 0.768 bits per heavy atom. The van der Waals surface area contributed by atoms with Gasteiger partial charge >= 0.3 is 0 Å². The fourth-order valence-corrected chi connectivity index (χ4v) is 10.4. The van der Waals surface area contributed by atoms with E-state index in [2.05, 4.69) is 264 Å². The summed E-state index contributed by atoms with van der Waals surface area (Å²) in [5, 5.41) is 4.73. The molecule has 0 saturated carbocycles. The quantitative estimate of drug-likeness (QED) is 0.144. The van der Waals surface area contributed by atoms with E-state index in [1.54, 1.807) is 0 Å². The molecule has 0 fully saturated rings. The first-order chi connectivity index (χ1) is 34.2. The third-order valence-corrected chi connectivity index (χ3v) is 13.6. The van der Waals surface area contributed by atoms with Crippen molar-refractivity contribution in [3.8, 4) is 61.3 Å². The summed E-state index contributed by atoms with van der Waals surface area (Å²) < 4.78 is 8.98. The van der Waals surface area contributed by atoms with E-state index in [0.29, 0.717) is 0 Å². The number of aromatic nitrogens is 1. The summed E-state index contributed by atoms with van der Waals surface area (Å²) in [5.74, 6) is 0. The van der Waals surface area contributed by atoms with E-state index in [4.69, 9.17) is 4.42 Å². The van der Waals surface area contributed by atoms with E-state index in [9.17, 15) is 0 Å². The van der Waals surface area contributed by atoms with Crippen molar-refractivity contribution in [2.24, 2.45) is 0 Å². The minimum atomic E-state index is 0.897. The topological polar surface area (TPSA) is 21.3 Å². The van der Waals surface area contributed by atoms with E-state index < -0.39 is 0 Å². The zero-order valence-electron chi connectivity index (χ0n) is 37.7. The molecular formula is C66H44N2O. The summed E-state index contributed by atoms with van der Waals surface area (Å²) in [4.78, 5) is 2.41. The Hall–Kier alpha value is -9.18. The second-order valence-electron chi connectivity index (χ2n) is 17.6. The van der Waals surface area contributed by atoms with Gasteiger partial charge in [-0.05, 0) is 99.6 Å². The molecule has 0 bridgehead atoms. The summed E-state index contributed by atoms with van der Waals surface area (Å²) in [5.41, 5.74) is 20.0. The molecule has 0 unspecified atom stereocenters. The zero-order chi connectivity index (χ0) is 45.7. The van der Waals surface area contributed by atoms with Gasteiger partial charge < -0.3 is 13.9 Å².